The third-order valence-electron chi connectivity index (χ3n) is 4.58. The van der Waals surface area contributed by atoms with Crippen LogP contribution in [0.25, 0.3) is 6.08 Å². The summed E-state index contributed by atoms with van der Waals surface area (Å²) in [6.07, 6.45) is 6.85. The molecule has 1 heterocycles. The fraction of sp³-hybridized carbons (Fsp3) is 0.318. The monoisotopic (exact) mass is 385 g/mol. The van der Waals surface area contributed by atoms with Crippen molar-refractivity contribution in [2.75, 3.05) is 20.2 Å². The molecule has 1 amide bonds. The van der Waals surface area contributed by atoms with Crippen molar-refractivity contribution in [3.05, 3.63) is 64.7 Å². The number of amides is 1. The van der Waals surface area contributed by atoms with Gasteiger partial charge in [-0.1, -0.05) is 29.8 Å². The van der Waals surface area contributed by atoms with Crippen molar-refractivity contribution in [2.45, 2.75) is 25.9 Å². The molecule has 0 radical (unpaired) electrons. The molecule has 3 rings (SSSR count). The smallest absolute Gasteiger partial charge is 0.246 e. The van der Waals surface area contributed by atoms with Gasteiger partial charge >= 0.3 is 0 Å². The summed E-state index contributed by atoms with van der Waals surface area (Å²) in [7, 11) is 1.61. The van der Waals surface area contributed by atoms with Crippen LogP contribution in [-0.4, -0.2) is 31.0 Å². The zero-order chi connectivity index (χ0) is 19.1. The summed E-state index contributed by atoms with van der Waals surface area (Å²) in [4.78, 5) is 14.2. The Hall–Kier alpha value is -2.46. The van der Waals surface area contributed by atoms with Crippen LogP contribution in [0.3, 0.4) is 0 Å². The van der Waals surface area contributed by atoms with Crippen LogP contribution in [0.5, 0.6) is 11.5 Å². The summed E-state index contributed by atoms with van der Waals surface area (Å²) in [5.74, 6) is 1.36. The maximum absolute atomic E-state index is 12.2. The van der Waals surface area contributed by atoms with E-state index in [0.717, 1.165) is 37.1 Å². The highest BCUT2D eigenvalue weighted by atomic mass is 35.5. The van der Waals surface area contributed by atoms with Gasteiger partial charge in [0.25, 0.3) is 0 Å². The Kier molecular flexibility index (Phi) is 6.77. The Labute approximate surface area is 165 Å². The molecule has 0 aromatic heterocycles. The molecule has 1 saturated heterocycles. The summed E-state index contributed by atoms with van der Waals surface area (Å²) in [6, 6.07) is 13.2. The fourth-order valence-electron chi connectivity index (χ4n) is 3.04. The van der Waals surface area contributed by atoms with Crippen molar-refractivity contribution in [2.24, 2.45) is 0 Å². The molecule has 0 spiro atoms. The number of rotatable bonds is 6. The predicted molar refractivity (Wildman–Crippen MR) is 108 cm³/mol. The Bertz CT molecular complexity index is 796. The Morgan fingerprint density at radius 2 is 1.81 bits per heavy atom. The number of hydrogen-bond acceptors (Lipinski definition) is 3. The highest BCUT2D eigenvalue weighted by Crippen LogP contribution is 2.29. The number of hydrogen-bond donors (Lipinski definition) is 0. The number of ether oxygens (including phenoxy) is 2. The van der Waals surface area contributed by atoms with E-state index >= 15 is 0 Å². The predicted octanol–water partition coefficient (Wildman–Crippen LogP) is 4.95. The maximum atomic E-state index is 12.2. The van der Waals surface area contributed by atoms with Crippen molar-refractivity contribution in [3.63, 3.8) is 0 Å². The molecule has 2 aromatic rings. The molecule has 0 unspecified atom stereocenters. The van der Waals surface area contributed by atoms with Gasteiger partial charge in [0.1, 0.15) is 6.61 Å². The quantitative estimate of drug-likeness (QED) is 0.660. The SMILES string of the molecule is COc1cc(/C=C/C(=O)N2CCCCC2)ccc1OCc1ccc(Cl)cc1. The average molecular weight is 386 g/mol. The summed E-state index contributed by atoms with van der Waals surface area (Å²) in [6.45, 7) is 2.13. The summed E-state index contributed by atoms with van der Waals surface area (Å²) in [5, 5.41) is 0.701. The standard InChI is InChI=1S/C22H24ClNO3/c1-26-21-15-17(8-12-22(25)24-13-3-2-4-14-24)7-11-20(21)27-16-18-5-9-19(23)10-6-18/h5-12,15H,2-4,13-14,16H2,1H3/b12-8+. The van der Waals surface area contributed by atoms with E-state index in [4.69, 9.17) is 21.1 Å². The van der Waals surface area contributed by atoms with Gasteiger partial charge in [-0.25, -0.2) is 0 Å². The lowest BCUT2D eigenvalue weighted by molar-refractivity contribution is -0.126. The van der Waals surface area contributed by atoms with E-state index in [1.165, 1.54) is 6.42 Å². The Balaban J connectivity index is 1.63. The number of carbonyl (C=O) groups excluding carboxylic acids is 1. The summed E-state index contributed by atoms with van der Waals surface area (Å²) < 4.78 is 11.3. The van der Waals surface area contributed by atoms with E-state index < -0.39 is 0 Å². The van der Waals surface area contributed by atoms with E-state index in [9.17, 15) is 4.79 Å². The first-order chi connectivity index (χ1) is 13.2. The van der Waals surface area contributed by atoms with Crippen molar-refractivity contribution in [3.8, 4) is 11.5 Å². The second kappa shape index (κ2) is 9.47. The molecule has 0 atom stereocenters. The van der Waals surface area contributed by atoms with E-state index in [2.05, 4.69) is 0 Å². The average Bonchev–Trinajstić information content (AvgIpc) is 2.72. The molecule has 1 aliphatic heterocycles. The minimum atomic E-state index is 0.0664. The first-order valence-electron chi connectivity index (χ1n) is 9.18. The molecule has 4 nitrogen and oxygen atoms in total. The van der Waals surface area contributed by atoms with Gasteiger partial charge in [0.2, 0.25) is 5.91 Å². The van der Waals surface area contributed by atoms with Gasteiger partial charge in [-0.2, -0.15) is 0 Å². The number of methoxy groups -OCH3 is 1. The molecule has 5 heteroatoms. The van der Waals surface area contributed by atoms with Crippen molar-refractivity contribution in [1.82, 2.24) is 4.90 Å². The van der Waals surface area contributed by atoms with Crippen LogP contribution in [0, 0.1) is 0 Å². The van der Waals surface area contributed by atoms with Gasteiger partial charge in [0.05, 0.1) is 7.11 Å². The molecule has 142 valence electrons. The van der Waals surface area contributed by atoms with E-state index in [1.54, 1.807) is 13.2 Å². The molecule has 1 fully saturated rings. The number of benzene rings is 2. The second-order valence-corrected chi connectivity index (χ2v) is 6.98. The van der Waals surface area contributed by atoms with Gasteiger partial charge in [-0.05, 0) is 60.7 Å². The lowest BCUT2D eigenvalue weighted by atomic mass is 10.1. The van der Waals surface area contributed by atoms with Crippen LogP contribution in [0.2, 0.25) is 5.02 Å². The van der Waals surface area contributed by atoms with E-state index in [0.29, 0.717) is 23.1 Å². The number of nitrogens with zero attached hydrogens (tertiary/aromatic N) is 1. The van der Waals surface area contributed by atoms with Crippen LogP contribution >= 0.6 is 11.6 Å². The van der Waals surface area contributed by atoms with Gasteiger partial charge in [0.15, 0.2) is 11.5 Å². The summed E-state index contributed by atoms with van der Waals surface area (Å²) in [5.41, 5.74) is 1.92. The van der Waals surface area contributed by atoms with Crippen molar-refractivity contribution < 1.29 is 14.3 Å². The van der Waals surface area contributed by atoms with Crippen molar-refractivity contribution in [1.29, 1.82) is 0 Å². The normalized spacial score (nSPS) is 14.4. The fourth-order valence-corrected chi connectivity index (χ4v) is 3.16. The zero-order valence-electron chi connectivity index (χ0n) is 15.5. The van der Waals surface area contributed by atoms with Crippen LogP contribution in [0.4, 0.5) is 0 Å². The topological polar surface area (TPSA) is 38.8 Å². The van der Waals surface area contributed by atoms with Crippen LogP contribution < -0.4 is 9.47 Å². The highest BCUT2D eigenvalue weighted by molar-refractivity contribution is 6.30. The highest BCUT2D eigenvalue weighted by Gasteiger charge is 2.13. The van der Waals surface area contributed by atoms with Gasteiger partial charge in [0, 0.05) is 24.2 Å². The lowest BCUT2D eigenvalue weighted by Crippen LogP contribution is -2.34. The molecular weight excluding hydrogens is 362 g/mol. The Morgan fingerprint density at radius 1 is 1.07 bits per heavy atom. The van der Waals surface area contributed by atoms with E-state index in [1.807, 2.05) is 53.4 Å². The third kappa shape index (κ3) is 5.51. The summed E-state index contributed by atoms with van der Waals surface area (Å²) >= 11 is 5.90. The van der Waals surface area contributed by atoms with Gasteiger partial charge < -0.3 is 14.4 Å². The largest absolute Gasteiger partial charge is 0.493 e. The number of likely N-dealkylation sites (tertiary alicyclic amines) is 1. The lowest BCUT2D eigenvalue weighted by Gasteiger charge is -2.25. The molecule has 27 heavy (non-hydrogen) atoms. The first-order valence-corrected chi connectivity index (χ1v) is 9.56. The molecular formula is C22H24ClNO3. The first kappa shape index (κ1) is 19.3. The van der Waals surface area contributed by atoms with Crippen LogP contribution in [0.1, 0.15) is 30.4 Å². The van der Waals surface area contributed by atoms with Crippen LogP contribution in [0.15, 0.2) is 48.5 Å². The minimum Gasteiger partial charge on any atom is -0.493 e. The second-order valence-electron chi connectivity index (χ2n) is 6.54. The molecule has 0 saturated carbocycles. The maximum Gasteiger partial charge on any atom is 0.246 e. The molecule has 2 aromatic carbocycles. The minimum absolute atomic E-state index is 0.0664. The van der Waals surface area contributed by atoms with Gasteiger partial charge in [-0.15, -0.1) is 0 Å². The van der Waals surface area contributed by atoms with E-state index in [-0.39, 0.29) is 5.91 Å². The molecule has 0 bridgehead atoms. The number of piperidine rings is 1. The van der Waals surface area contributed by atoms with Crippen molar-refractivity contribution >= 4 is 23.6 Å². The molecule has 0 N–H and O–H groups in total. The third-order valence-corrected chi connectivity index (χ3v) is 4.83. The van der Waals surface area contributed by atoms with Crippen LogP contribution in [-0.2, 0) is 11.4 Å². The zero-order valence-corrected chi connectivity index (χ0v) is 16.2. The number of halogens is 1. The number of carbonyl (C=O) groups is 1. The molecule has 0 aliphatic carbocycles. The Morgan fingerprint density at radius 3 is 2.52 bits per heavy atom. The van der Waals surface area contributed by atoms with Gasteiger partial charge in [-0.3, -0.25) is 4.79 Å². The molecule has 1 aliphatic rings.